The summed E-state index contributed by atoms with van der Waals surface area (Å²) >= 11 is 0. The maximum Gasteiger partial charge on any atom is 0.225 e. The summed E-state index contributed by atoms with van der Waals surface area (Å²) in [4.78, 5) is 17.9. The van der Waals surface area contributed by atoms with Crippen LogP contribution in [0.1, 0.15) is 69.0 Å². The number of aromatic nitrogens is 1. The number of carbonyl (C=O) groups excluding carboxylic acids is 1. The molecule has 172 valence electrons. The van der Waals surface area contributed by atoms with Crippen molar-refractivity contribution in [3.8, 4) is 0 Å². The van der Waals surface area contributed by atoms with E-state index in [1.165, 1.54) is 19.3 Å². The van der Waals surface area contributed by atoms with E-state index in [-0.39, 0.29) is 29.9 Å². The Bertz CT molecular complexity index is 953. The Hall–Kier alpha value is -1.98. The van der Waals surface area contributed by atoms with Crippen LogP contribution in [0.15, 0.2) is 30.3 Å². The number of aliphatic hydroxyl groups is 1. The zero-order valence-electron chi connectivity index (χ0n) is 19.2. The van der Waals surface area contributed by atoms with E-state index in [1.807, 2.05) is 6.92 Å². The lowest BCUT2D eigenvalue weighted by Crippen LogP contribution is -2.51. The lowest BCUT2D eigenvalue weighted by atomic mass is 9.45. The van der Waals surface area contributed by atoms with Gasteiger partial charge in [0, 0.05) is 17.1 Å². The van der Waals surface area contributed by atoms with Gasteiger partial charge in [0.25, 0.3) is 0 Å². The van der Waals surface area contributed by atoms with Gasteiger partial charge in [0.05, 0.1) is 18.0 Å². The molecule has 1 unspecified atom stereocenters. The molecule has 0 radical (unpaired) electrons. The van der Waals surface area contributed by atoms with Crippen LogP contribution in [0, 0.1) is 23.2 Å². The van der Waals surface area contributed by atoms with Crippen LogP contribution < -0.4 is 11.1 Å². The third-order valence-electron chi connectivity index (χ3n) is 8.49. The van der Waals surface area contributed by atoms with E-state index >= 15 is 0 Å². The van der Waals surface area contributed by atoms with Crippen LogP contribution in [0.5, 0.6) is 0 Å². The van der Waals surface area contributed by atoms with E-state index in [2.05, 4.69) is 35.6 Å². The number of hydrogen-bond donors (Lipinski definition) is 3. The highest BCUT2D eigenvalue weighted by Gasteiger charge is 2.56. The molecule has 5 nitrogen and oxygen atoms in total. The Balaban J connectivity index is 1.41. The van der Waals surface area contributed by atoms with E-state index in [1.54, 1.807) is 0 Å². The average Bonchev–Trinajstić information content (AvgIpc) is 2.75. The topological polar surface area (TPSA) is 88.2 Å². The van der Waals surface area contributed by atoms with E-state index in [0.29, 0.717) is 0 Å². The highest BCUT2D eigenvalue weighted by Crippen LogP contribution is 2.64. The zero-order chi connectivity index (χ0) is 22.3. The number of nitrogens with two attached hydrogens (primary N) is 1. The molecule has 1 aromatic carbocycles. The Morgan fingerprint density at radius 1 is 1.16 bits per heavy atom. The smallest absolute Gasteiger partial charge is 0.225 e. The summed E-state index contributed by atoms with van der Waals surface area (Å²) in [6.45, 7) is 2.99. The molecule has 4 bridgehead atoms. The number of hydrogen-bond acceptors (Lipinski definition) is 4. The number of rotatable bonds is 9. The first-order valence-corrected chi connectivity index (χ1v) is 12.5. The first kappa shape index (κ1) is 21.8. The fraction of sp³-hybridized carbons (Fsp3) is 0.630. The highest BCUT2D eigenvalue weighted by molar-refractivity contribution is 5.91. The van der Waals surface area contributed by atoms with Crippen molar-refractivity contribution < 1.29 is 9.90 Å². The quantitative estimate of drug-likeness (QED) is 0.521. The van der Waals surface area contributed by atoms with Gasteiger partial charge < -0.3 is 16.2 Å². The number of fused-ring (bicyclic) bond motifs is 1. The number of pyridine rings is 1. The molecule has 1 amide bonds. The molecule has 32 heavy (non-hydrogen) atoms. The van der Waals surface area contributed by atoms with Gasteiger partial charge >= 0.3 is 0 Å². The maximum atomic E-state index is 13.0. The number of nitrogens with one attached hydrogen (secondary N) is 1. The second-order valence-electron chi connectivity index (χ2n) is 11.0. The third kappa shape index (κ3) is 4.06. The Morgan fingerprint density at radius 2 is 1.84 bits per heavy atom. The SMILES string of the molecule is C[C@H](CO)NCCCc1ccc2c(C(C(N)=O)C34CC5CC(CC(C5)C3)C4)cccc2n1. The molecule has 4 aliphatic carbocycles. The van der Waals surface area contributed by atoms with Gasteiger partial charge in [-0.3, -0.25) is 9.78 Å². The van der Waals surface area contributed by atoms with Crippen LogP contribution in [0.25, 0.3) is 10.9 Å². The Labute approximate surface area is 191 Å². The third-order valence-corrected chi connectivity index (χ3v) is 8.49. The average molecular weight is 436 g/mol. The highest BCUT2D eigenvalue weighted by atomic mass is 16.3. The molecule has 0 aliphatic heterocycles. The summed E-state index contributed by atoms with van der Waals surface area (Å²) in [5, 5.41) is 13.5. The van der Waals surface area contributed by atoms with E-state index < -0.39 is 0 Å². The molecule has 6 rings (SSSR count). The molecule has 2 aromatic rings. The van der Waals surface area contributed by atoms with E-state index in [0.717, 1.165) is 78.6 Å². The second kappa shape index (κ2) is 8.75. The maximum absolute atomic E-state index is 13.0. The van der Waals surface area contributed by atoms with E-state index in [9.17, 15) is 4.79 Å². The second-order valence-corrected chi connectivity index (χ2v) is 11.0. The minimum Gasteiger partial charge on any atom is -0.395 e. The van der Waals surface area contributed by atoms with Crippen LogP contribution in [0.3, 0.4) is 0 Å². The predicted molar refractivity (Wildman–Crippen MR) is 127 cm³/mol. The van der Waals surface area contributed by atoms with Gasteiger partial charge in [-0.05, 0) is 106 Å². The van der Waals surface area contributed by atoms with Gasteiger partial charge in [-0.2, -0.15) is 0 Å². The summed E-state index contributed by atoms with van der Waals surface area (Å²) in [6.07, 6.45) is 9.42. The molecule has 4 aliphatic rings. The fourth-order valence-electron chi connectivity index (χ4n) is 7.61. The van der Waals surface area contributed by atoms with Crippen molar-refractivity contribution in [1.29, 1.82) is 0 Å². The minimum atomic E-state index is -0.212. The fourth-order valence-corrected chi connectivity index (χ4v) is 7.61. The molecule has 0 saturated heterocycles. The summed E-state index contributed by atoms with van der Waals surface area (Å²) in [6, 6.07) is 10.6. The molecule has 2 atom stereocenters. The zero-order valence-corrected chi connectivity index (χ0v) is 19.2. The Morgan fingerprint density at radius 3 is 2.47 bits per heavy atom. The van der Waals surface area contributed by atoms with Gasteiger partial charge in [0.15, 0.2) is 0 Å². The lowest BCUT2D eigenvalue weighted by molar-refractivity contribution is -0.130. The molecule has 4 saturated carbocycles. The first-order valence-electron chi connectivity index (χ1n) is 12.5. The number of primary amides is 1. The van der Waals surface area contributed by atoms with Crippen molar-refractivity contribution in [3.63, 3.8) is 0 Å². The number of amides is 1. The molecule has 1 aromatic heterocycles. The van der Waals surface area contributed by atoms with Crippen molar-refractivity contribution in [2.75, 3.05) is 13.2 Å². The van der Waals surface area contributed by atoms with Crippen molar-refractivity contribution in [2.24, 2.45) is 28.9 Å². The lowest BCUT2D eigenvalue weighted by Gasteiger charge is -2.59. The molecule has 1 heterocycles. The minimum absolute atomic E-state index is 0.0443. The predicted octanol–water partition coefficient (Wildman–Crippen LogP) is 3.92. The molecular weight excluding hydrogens is 398 g/mol. The van der Waals surface area contributed by atoms with Crippen LogP contribution in [0.4, 0.5) is 0 Å². The number of nitrogens with zero attached hydrogens (tertiary/aromatic N) is 1. The van der Waals surface area contributed by atoms with Crippen molar-refractivity contribution in [2.45, 2.75) is 70.3 Å². The van der Waals surface area contributed by atoms with Gasteiger partial charge in [-0.15, -0.1) is 0 Å². The number of carbonyl (C=O) groups is 1. The van der Waals surface area contributed by atoms with Crippen LogP contribution in [0.2, 0.25) is 0 Å². The summed E-state index contributed by atoms with van der Waals surface area (Å²) in [5.74, 6) is 1.98. The molecular formula is C27H37N3O2. The number of benzene rings is 1. The number of aryl methyl sites for hydroxylation is 1. The van der Waals surface area contributed by atoms with Crippen LogP contribution >= 0.6 is 0 Å². The summed E-state index contributed by atoms with van der Waals surface area (Å²) in [7, 11) is 0. The monoisotopic (exact) mass is 435 g/mol. The van der Waals surface area contributed by atoms with E-state index in [4.69, 9.17) is 15.8 Å². The van der Waals surface area contributed by atoms with Crippen LogP contribution in [-0.4, -0.2) is 35.2 Å². The first-order chi connectivity index (χ1) is 15.5. The summed E-state index contributed by atoms with van der Waals surface area (Å²) < 4.78 is 0. The van der Waals surface area contributed by atoms with Crippen LogP contribution in [-0.2, 0) is 11.2 Å². The van der Waals surface area contributed by atoms with Gasteiger partial charge in [-0.1, -0.05) is 18.2 Å². The number of aliphatic hydroxyl groups excluding tert-OH is 1. The standard InChI is InChI=1S/C27H37N3O2/c1-17(16-31)29-9-3-4-21-7-8-22-23(5-2-6-24(22)30-21)25(26(28)32)27-13-18-10-19(14-27)12-20(11-18)15-27/h2,5-8,17-20,25,29,31H,3-4,9-16H2,1H3,(H2,28,32)/t17-,18?,19?,20?,25?,27?/m1/s1. The Kier molecular flexibility index (Phi) is 5.98. The van der Waals surface area contributed by atoms with Gasteiger partial charge in [-0.25, -0.2) is 0 Å². The normalized spacial score (nSPS) is 30.5. The van der Waals surface area contributed by atoms with Crippen molar-refractivity contribution in [1.82, 2.24) is 10.3 Å². The van der Waals surface area contributed by atoms with Gasteiger partial charge in [0.1, 0.15) is 0 Å². The van der Waals surface area contributed by atoms with Crippen molar-refractivity contribution in [3.05, 3.63) is 41.6 Å². The molecule has 0 spiro atoms. The van der Waals surface area contributed by atoms with Crippen molar-refractivity contribution >= 4 is 16.8 Å². The summed E-state index contributed by atoms with van der Waals surface area (Å²) in [5.41, 5.74) is 9.31. The molecule has 4 fully saturated rings. The molecule has 4 N–H and O–H groups in total. The largest absolute Gasteiger partial charge is 0.395 e. The van der Waals surface area contributed by atoms with Gasteiger partial charge in [0.2, 0.25) is 5.91 Å². The molecule has 5 heteroatoms.